The molecule has 0 amide bonds. The number of nitrogens with zero attached hydrogens (tertiary/aromatic N) is 1. The molecule has 0 heterocycles. The molecule has 0 saturated heterocycles. The van der Waals surface area contributed by atoms with Crippen LogP contribution in [0.25, 0.3) is 0 Å². The van der Waals surface area contributed by atoms with Crippen molar-refractivity contribution < 1.29 is 14.4 Å². The van der Waals surface area contributed by atoms with Crippen molar-refractivity contribution in [2.45, 2.75) is 26.9 Å². The first-order chi connectivity index (χ1) is 10.6. The molecule has 0 aliphatic heterocycles. The van der Waals surface area contributed by atoms with Gasteiger partial charge in [0.2, 0.25) is 0 Å². The number of benzene rings is 2. The van der Waals surface area contributed by atoms with Crippen molar-refractivity contribution in [1.29, 1.82) is 0 Å². The van der Waals surface area contributed by atoms with E-state index in [1.807, 2.05) is 37.3 Å². The van der Waals surface area contributed by atoms with Crippen LogP contribution >= 0.6 is 0 Å². The number of anilines is 1. The zero-order valence-electron chi connectivity index (χ0n) is 12.8. The van der Waals surface area contributed by atoms with Gasteiger partial charge < -0.3 is 9.57 Å². The molecule has 0 bridgehead atoms. The molecular weight excluding hydrogens is 280 g/mol. The molecule has 0 aliphatic carbocycles. The van der Waals surface area contributed by atoms with Crippen molar-refractivity contribution in [1.82, 2.24) is 0 Å². The summed E-state index contributed by atoms with van der Waals surface area (Å²) in [7, 11) is 0. The molecule has 2 N–H and O–H groups in total. The Bertz CT molecular complexity index is 626. The van der Waals surface area contributed by atoms with E-state index < -0.39 is 5.97 Å². The summed E-state index contributed by atoms with van der Waals surface area (Å²) in [4.78, 5) is 16.2. The van der Waals surface area contributed by atoms with Gasteiger partial charge in [-0.1, -0.05) is 42.8 Å². The lowest BCUT2D eigenvalue weighted by Gasteiger charge is -2.17. The third kappa shape index (κ3) is 4.49. The minimum absolute atomic E-state index is 0.261. The second kappa shape index (κ2) is 7.47. The Morgan fingerprint density at radius 3 is 2.59 bits per heavy atom. The van der Waals surface area contributed by atoms with E-state index in [2.05, 4.69) is 0 Å². The number of carbonyl (C=O) groups excluding carboxylic acids is 1. The van der Waals surface area contributed by atoms with Gasteiger partial charge in [0.05, 0.1) is 5.69 Å². The minimum atomic E-state index is -0.395. The Kier molecular flexibility index (Phi) is 5.38. The molecule has 0 fully saturated rings. The van der Waals surface area contributed by atoms with Gasteiger partial charge in [-0.15, -0.1) is 5.17 Å². The summed E-state index contributed by atoms with van der Waals surface area (Å²) < 4.78 is 5.73. The summed E-state index contributed by atoms with van der Waals surface area (Å²) in [6.07, 6.45) is 0.261. The predicted molar refractivity (Wildman–Crippen MR) is 85.0 cm³/mol. The van der Waals surface area contributed by atoms with E-state index in [0.29, 0.717) is 18.0 Å². The topological polar surface area (TPSA) is 64.8 Å². The van der Waals surface area contributed by atoms with Gasteiger partial charge in [0, 0.05) is 12.5 Å². The van der Waals surface area contributed by atoms with E-state index in [4.69, 9.17) is 15.4 Å². The van der Waals surface area contributed by atoms with Crippen molar-refractivity contribution in [2.75, 3.05) is 5.17 Å². The van der Waals surface area contributed by atoms with Crippen LogP contribution in [-0.4, -0.2) is 5.97 Å². The molecular formula is C17H20N2O3. The van der Waals surface area contributed by atoms with Crippen LogP contribution in [0.1, 0.15) is 24.5 Å². The molecule has 0 unspecified atom stereocenters. The van der Waals surface area contributed by atoms with E-state index in [-0.39, 0.29) is 6.42 Å². The Labute approximate surface area is 130 Å². The highest BCUT2D eigenvalue weighted by molar-refractivity contribution is 5.70. The summed E-state index contributed by atoms with van der Waals surface area (Å²) in [5.41, 5.74) is 2.84. The summed E-state index contributed by atoms with van der Waals surface area (Å²) >= 11 is 0. The summed E-state index contributed by atoms with van der Waals surface area (Å²) in [5, 5.41) is 0.949. The second-order valence-corrected chi connectivity index (χ2v) is 4.91. The minimum Gasteiger partial charge on any atom is -0.489 e. The lowest BCUT2D eigenvalue weighted by molar-refractivity contribution is -0.144. The van der Waals surface area contributed by atoms with E-state index in [1.54, 1.807) is 25.1 Å². The Morgan fingerprint density at radius 2 is 1.91 bits per heavy atom. The molecule has 0 aliphatic rings. The number of carbonyl (C=O) groups is 1. The molecule has 22 heavy (non-hydrogen) atoms. The molecule has 5 nitrogen and oxygen atoms in total. The average molecular weight is 300 g/mol. The maximum atomic E-state index is 11.2. The van der Waals surface area contributed by atoms with Gasteiger partial charge in [-0.2, -0.15) is 0 Å². The Morgan fingerprint density at radius 1 is 1.18 bits per heavy atom. The molecule has 0 aromatic heterocycles. The summed E-state index contributed by atoms with van der Waals surface area (Å²) in [5.74, 6) is 5.96. The highest BCUT2D eigenvalue weighted by Gasteiger charge is 2.08. The Hall–Kier alpha value is -2.53. The van der Waals surface area contributed by atoms with Crippen LogP contribution in [0, 0.1) is 6.92 Å². The highest BCUT2D eigenvalue weighted by atomic mass is 16.7. The zero-order chi connectivity index (χ0) is 15.9. The van der Waals surface area contributed by atoms with E-state index >= 15 is 0 Å². The smallest absolute Gasteiger partial charge is 0.334 e. The van der Waals surface area contributed by atoms with E-state index in [0.717, 1.165) is 10.7 Å². The van der Waals surface area contributed by atoms with Crippen molar-refractivity contribution in [3.05, 3.63) is 59.7 Å². The molecule has 2 rings (SSSR count). The maximum Gasteiger partial charge on any atom is 0.334 e. The van der Waals surface area contributed by atoms with E-state index in [9.17, 15) is 4.79 Å². The summed E-state index contributed by atoms with van der Waals surface area (Å²) in [6.45, 7) is 4.21. The Balaban J connectivity index is 1.99. The van der Waals surface area contributed by atoms with Gasteiger partial charge in [0.25, 0.3) is 0 Å². The fourth-order valence-electron chi connectivity index (χ4n) is 1.79. The fourth-order valence-corrected chi connectivity index (χ4v) is 1.79. The van der Waals surface area contributed by atoms with E-state index in [1.165, 1.54) is 5.56 Å². The number of hydrazine groups is 1. The van der Waals surface area contributed by atoms with Gasteiger partial charge in [0.15, 0.2) is 0 Å². The predicted octanol–water partition coefficient (Wildman–Crippen LogP) is 3.12. The van der Waals surface area contributed by atoms with Gasteiger partial charge in [-0.3, -0.25) is 0 Å². The first-order valence-corrected chi connectivity index (χ1v) is 7.12. The number of hydrogen-bond donors (Lipinski definition) is 1. The van der Waals surface area contributed by atoms with Crippen molar-refractivity contribution in [3.63, 3.8) is 0 Å². The number of ether oxygens (including phenoxy) is 1. The molecule has 0 saturated carbocycles. The van der Waals surface area contributed by atoms with Gasteiger partial charge >= 0.3 is 5.97 Å². The zero-order valence-corrected chi connectivity index (χ0v) is 12.8. The number of hydrogen-bond acceptors (Lipinski definition) is 5. The second-order valence-electron chi connectivity index (χ2n) is 4.91. The van der Waals surface area contributed by atoms with Crippen molar-refractivity contribution in [3.8, 4) is 5.75 Å². The number of rotatable bonds is 6. The SMILES string of the molecule is CCC(=O)ON(N)c1cccc(OCc2ccc(C)cc2)c1. The maximum absolute atomic E-state index is 11.2. The highest BCUT2D eigenvalue weighted by Crippen LogP contribution is 2.21. The monoisotopic (exact) mass is 300 g/mol. The standard InChI is InChI=1S/C17H20N2O3/c1-3-17(20)22-19(18)15-5-4-6-16(11-15)21-12-14-9-7-13(2)8-10-14/h4-11H,3,12,18H2,1-2H3. The average Bonchev–Trinajstić information content (AvgIpc) is 2.54. The van der Waals surface area contributed by atoms with Gasteiger partial charge in [-0.05, 0) is 24.6 Å². The van der Waals surface area contributed by atoms with Crippen molar-refractivity contribution in [2.24, 2.45) is 5.84 Å². The molecule has 0 atom stereocenters. The lowest BCUT2D eigenvalue weighted by Crippen LogP contribution is -2.33. The fraction of sp³-hybridized carbons (Fsp3) is 0.235. The van der Waals surface area contributed by atoms with Crippen LogP contribution in [0.15, 0.2) is 48.5 Å². The quantitative estimate of drug-likeness (QED) is 0.656. The molecule has 2 aromatic carbocycles. The molecule has 2 aromatic rings. The first-order valence-electron chi connectivity index (χ1n) is 7.12. The van der Waals surface area contributed by atoms with Crippen LogP contribution in [0.4, 0.5) is 5.69 Å². The first kappa shape index (κ1) is 15.9. The third-order valence-corrected chi connectivity index (χ3v) is 3.09. The number of nitrogens with two attached hydrogens (primary N) is 1. The van der Waals surface area contributed by atoms with Gasteiger partial charge in [-0.25, -0.2) is 10.6 Å². The molecule has 0 radical (unpaired) electrons. The van der Waals surface area contributed by atoms with Crippen LogP contribution < -0.4 is 15.8 Å². The van der Waals surface area contributed by atoms with Gasteiger partial charge in [0.1, 0.15) is 12.4 Å². The molecule has 0 spiro atoms. The molecule has 116 valence electrons. The van der Waals surface area contributed by atoms with Crippen LogP contribution in [0.3, 0.4) is 0 Å². The third-order valence-electron chi connectivity index (χ3n) is 3.09. The molecule has 5 heteroatoms. The number of aryl methyl sites for hydroxylation is 1. The lowest BCUT2D eigenvalue weighted by atomic mass is 10.2. The largest absolute Gasteiger partial charge is 0.489 e. The normalized spacial score (nSPS) is 10.1. The summed E-state index contributed by atoms with van der Waals surface area (Å²) in [6, 6.07) is 15.2. The van der Waals surface area contributed by atoms with Crippen LogP contribution in [0.5, 0.6) is 5.75 Å². The van der Waals surface area contributed by atoms with Crippen LogP contribution in [-0.2, 0) is 16.2 Å². The van der Waals surface area contributed by atoms with Crippen LogP contribution in [0.2, 0.25) is 0 Å². The van der Waals surface area contributed by atoms with Crippen molar-refractivity contribution >= 4 is 11.7 Å².